The van der Waals surface area contributed by atoms with Gasteiger partial charge in [-0.2, -0.15) is 4.98 Å². The maximum absolute atomic E-state index is 5.49. The molecule has 2 N–H and O–H groups in total. The van der Waals surface area contributed by atoms with Gasteiger partial charge >= 0.3 is 0 Å². The molecule has 0 spiro atoms. The van der Waals surface area contributed by atoms with Crippen molar-refractivity contribution in [2.45, 2.75) is 13.0 Å². The average Bonchev–Trinajstić information content (AvgIpc) is 2.80. The number of nitrogens with zero attached hydrogens (tertiary/aromatic N) is 2. The molecule has 0 saturated heterocycles. The Bertz CT molecular complexity index is 1150. The Labute approximate surface area is 175 Å². The van der Waals surface area contributed by atoms with Gasteiger partial charge in [0.2, 0.25) is 5.95 Å². The summed E-state index contributed by atoms with van der Waals surface area (Å²) in [5, 5.41) is 7.77. The summed E-state index contributed by atoms with van der Waals surface area (Å²) in [4.78, 5) is 9.44. The fraction of sp³-hybridized carbons (Fsp3) is 0.167. The number of benzene rings is 3. The number of ether oxygens (including phenoxy) is 2. The predicted octanol–water partition coefficient (Wildman–Crippen LogP) is 5.56. The third-order valence-corrected chi connectivity index (χ3v) is 4.91. The third kappa shape index (κ3) is 4.12. The molecule has 6 nitrogen and oxygen atoms in total. The van der Waals surface area contributed by atoms with E-state index in [1.165, 1.54) is 5.56 Å². The maximum Gasteiger partial charge on any atom is 0.229 e. The molecular weight excluding hydrogens is 376 g/mol. The Hall–Kier alpha value is -3.80. The molecule has 0 fully saturated rings. The quantitative estimate of drug-likeness (QED) is 0.423. The lowest BCUT2D eigenvalue weighted by molar-refractivity contribution is 0.395. The van der Waals surface area contributed by atoms with Crippen LogP contribution in [0.1, 0.15) is 18.5 Å². The lowest BCUT2D eigenvalue weighted by atomic mass is 10.1. The predicted molar refractivity (Wildman–Crippen MR) is 121 cm³/mol. The van der Waals surface area contributed by atoms with Crippen LogP contribution in [0.2, 0.25) is 0 Å². The Balaban J connectivity index is 1.70. The first-order valence-corrected chi connectivity index (χ1v) is 9.75. The highest BCUT2D eigenvalue weighted by Crippen LogP contribution is 2.32. The van der Waals surface area contributed by atoms with Gasteiger partial charge in [-0.05, 0) is 36.8 Å². The van der Waals surface area contributed by atoms with E-state index in [2.05, 4.69) is 34.7 Å². The fourth-order valence-corrected chi connectivity index (χ4v) is 3.29. The van der Waals surface area contributed by atoms with Crippen LogP contribution in [-0.2, 0) is 0 Å². The fourth-order valence-electron chi connectivity index (χ4n) is 3.29. The maximum atomic E-state index is 5.49. The Morgan fingerprint density at radius 3 is 2.37 bits per heavy atom. The number of hydrogen-bond acceptors (Lipinski definition) is 6. The van der Waals surface area contributed by atoms with Crippen LogP contribution in [0.25, 0.3) is 10.9 Å². The van der Waals surface area contributed by atoms with Crippen LogP contribution >= 0.6 is 0 Å². The van der Waals surface area contributed by atoms with Gasteiger partial charge in [0.15, 0.2) is 0 Å². The number of para-hydroxylation sites is 1. The summed E-state index contributed by atoms with van der Waals surface area (Å²) in [7, 11) is 3.25. The molecule has 30 heavy (non-hydrogen) atoms. The zero-order valence-corrected chi connectivity index (χ0v) is 17.2. The first-order chi connectivity index (χ1) is 14.7. The van der Waals surface area contributed by atoms with E-state index < -0.39 is 0 Å². The molecule has 0 aliphatic carbocycles. The van der Waals surface area contributed by atoms with Crippen molar-refractivity contribution in [2.75, 3.05) is 24.9 Å². The molecule has 1 unspecified atom stereocenters. The molecule has 6 heteroatoms. The van der Waals surface area contributed by atoms with Crippen LogP contribution in [-0.4, -0.2) is 24.2 Å². The van der Waals surface area contributed by atoms with Gasteiger partial charge in [0.25, 0.3) is 0 Å². The smallest absolute Gasteiger partial charge is 0.229 e. The van der Waals surface area contributed by atoms with E-state index in [1.807, 2.05) is 60.7 Å². The average molecular weight is 400 g/mol. The summed E-state index contributed by atoms with van der Waals surface area (Å²) < 4.78 is 10.8. The number of fused-ring (bicyclic) bond motifs is 1. The van der Waals surface area contributed by atoms with E-state index in [1.54, 1.807) is 14.2 Å². The van der Waals surface area contributed by atoms with Crippen LogP contribution in [0.3, 0.4) is 0 Å². The van der Waals surface area contributed by atoms with Crippen LogP contribution in [0.4, 0.5) is 17.5 Å². The van der Waals surface area contributed by atoms with Gasteiger partial charge in [-0.3, -0.25) is 0 Å². The first-order valence-electron chi connectivity index (χ1n) is 9.75. The van der Waals surface area contributed by atoms with Crippen LogP contribution < -0.4 is 20.1 Å². The molecule has 152 valence electrons. The van der Waals surface area contributed by atoms with Gasteiger partial charge in [0, 0.05) is 17.5 Å². The van der Waals surface area contributed by atoms with Crippen molar-refractivity contribution in [1.29, 1.82) is 0 Å². The normalized spacial score (nSPS) is 11.7. The van der Waals surface area contributed by atoms with Gasteiger partial charge < -0.3 is 20.1 Å². The van der Waals surface area contributed by atoms with Gasteiger partial charge in [-0.15, -0.1) is 0 Å². The van der Waals surface area contributed by atoms with E-state index >= 15 is 0 Å². The van der Waals surface area contributed by atoms with Gasteiger partial charge in [-0.25, -0.2) is 4.98 Å². The number of hydrogen-bond donors (Lipinski definition) is 2. The minimum atomic E-state index is 0.0906. The molecular formula is C24H24N4O2. The SMILES string of the molecule is COc1ccc(Nc2nc(NC(C)c3ccccc3)c3ccccc3n2)c(OC)c1. The van der Waals surface area contributed by atoms with Crippen molar-refractivity contribution in [2.24, 2.45) is 0 Å². The summed E-state index contributed by atoms with van der Waals surface area (Å²) in [5.41, 5.74) is 2.80. The molecule has 0 aliphatic heterocycles. The highest BCUT2D eigenvalue weighted by molar-refractivity contribution is 5.90. The van der Waals surface area contributed by atoms with E-state index in [-0.39, 0.29) is 6.04 Å². The van der Waals surface area contributed by atoms with E-state index in [9.17, 15) is 0 Å². The topological polar surface area (TPSA) is 68.3 Å². The Kier molecular flexibility index (Phi) is 5.66. The molecule has 4 rings (SSSR count). The summed E-state index contributed by atoms with van der Waals surface area (Å²) in [6.07, 6.45) is 0. The second-order valence-electron chi connectivity index (χ2n) is 6.88. The summed E-state index contributed by atoms with van der Waals surface area (Å²) in [5.74, 6) is 2.63. The molecule has 1 aromatic heterocycles. The number of methoxy groups -OCH3 is 2. The molecule has 0 aliphatic rings. The Morgan fingerprint density at radius 2 is 1.60 bits per heavy atom. The van der Waals surface area contributed by atoms with Gasteiger partial charge in [0.05, 0.1) is 25.4 Å². The van der Waals surface area contributed by atoms with Gasteiger partial charge in [-0.1, -0.05) is 42.5 Å². The highest BCUT2D eigenvalue weighted by Gasteiger charge is 2.13. The van der Waals surface area contributed by atoms with Gasteiger partial charge in [0.1, 0.15) is 17.3 Å². The van der Waals surface area contributed by atoms with Crippen molar-refractivity contribution in [3.63, 3.8) is 0 Å². The minimum Gasteiger partial charge on any atom is -0.497 e. The molecule has 0 radical (unpaired) electrons. The van der Waals surface area contributed by atoms with E-state index in [0.29, 0.717) is 11.7 Å². The molecule has 4 aromatic rings. The number of nitrogens with one attached hydrogen (secondary N) is 2. The van der Waals surface area contributed by atoms with Crippen LogP contribution in [0.5, 0.6) is 11.5 Å². The number of rotatable bonds is 7. The molecule has 0 amide bonds. The lowest BCUT2D eigenvalue weighted by Crippen LogP contribution is -2.10. The standard InChI is InChI=1S/C24H24N4O2/c1-16(17-9-5-4-6-10-17)25-23-19-11-7-8-12-20(19)26-24(28-23)27-21-14-13-18(29-2)15-22(21)30-3/h4-16H,1-3H3,(H2,25,26,27,28). The van der Waals surface area contributed by atoms with Crippen molar-refractivity contribution < 1.29 is 9.47 Å². The lowest BCUT2D eigenvalue weighted by Gasteiger charge is -2.18. The number of anilines is 3. The van der Waals surface area contributed by atoms with E-state index in [4.69, 9.17) is 14.5 Å². The Morgan fingerprint density at radius 1 is 0.833 bits per heavy atom. The van der Waals surface area contributed by atoms with Crippen molar-refractivity contribution in [3.8, 4) is 11.5 Å². The molecule has 0 bridgehead atoms. The zero-order valence-electron chi connectivity index (χ0n) is 17.2. The monoisotopic (exact) mass is 400 g/mol. The summed E-state index contributed by atoms with van der Waals surface area (Å²) in [6.45, 7) is 2.12. The molecule has 0 saturated carbocycles. The summed E-state index contributed by atoms with van der Waals surface area (Å²) >= 11 is 0. The summed E-state index contributed by atoms with van der Waals surface area (Å²) in [6, 6.07) is 23.9. The molecule has 1 heterocycles. The zero-order chi connectivity index (χ0) is 20.9. The van der Waals surface area contributed by atoms with Crippen LogP contribution in [0.15, 0.2) is 72.8 Å². The second-order valence-corrected chi connectivity index (χ2v) is 6.88. The number of aromatic nitrogens is 2. The highest BCUT2D eigenvalue weighted by atomic mass is 16.5. The van der Waals surface area contributed by atoms with Crippen molar-refractivity contribution in [1.82, 2.24) is 9.97 Å². The van der Waals surface area contributed by atoms with Crippen molar-refractivity contribution in [3.05, 3.63) is 78.4 Å². The molecule has 1 atom stereocenters. The second kappa shape index (κ2) is 8.69. The van der Waals surface area contributed by atoms with E-state index in [0.717, 1.165) is 28.2 Å². The molecule has 3 aromatic carbocycles. The van der Waals surface area contributed by atoms with Crippen LogP contribution in [0, 0.1) is 0 Å². The third-order valence-electron chi connectivity index (χ3n) is 4.91. The first kappa shape index (κ1) is 19.5. The largest absolute Gasteiger partial charge is 0.497 e. The minimum absolute atomic E-state index is 0.0906. The van der Waals surface area contributed by atoms with Crippen molar-refractivity contribution >= 4 is 28.4 Å².